The van der Waals surface area contributed by atoms with Crippen LogP contribution in [0.25, 0.3) is 6.08 Å². The van der Waals surface area contributed by atoms with E-state index >= 15 is 0 Å². The Kier molecular flexibility index (Phi) is 7.02. The van der Waals surface area contributed by atoms with Crippen LogP contribution in [0.15, 0.2) is 64.9 Å². The maximum atomic E-state index is 12.3. The summed E-state index contributed by atoms with van der Waals surface area (Å²) >= 11 is 1.57. The Labute approximate surface area is 180 Å². The summed E-state index contributed by atoms with van der Waals surface area (Å²) in [5.74, 6) is 0.274. The first kappa shape index (κ1) is 21.7. The Hall–Kier alpha value is -2.97. The molecule has 0 aliphatic rings. The molecule has 0 aliphatic carbocycles. The number of carbonyl (C=O) groups excluding carboxylic acids is 1. The van der Waals surface area contributed by atoms with E-state index in [4.69, 9.17) is 4.74 Å². The van der Waals surface area contributed by atoms with Gasteiger partial charge in [0.2, 0.25) is 5.91 Å². The van der Waals surface area contributed by atoms with Crippen LogP contribution in [0.5, 0.6) is 5.75 Å². The van der Waals surface area contributed by atoms with Crippen LogP contribution in [0, 0.1) is 6.92 Å². The highest BCUT2D eigenvalue weighted by Crippen LogP contribution is 2.22. The van der Waals surface area contributed by atoms with Crippen molar-refractivity contribution in [3.63, 3.8) is 0 Å². The minimum atomic E-state index is -3.34. The minimum Gasteiger partial charge on any atom is -0.487 e. The molecule has 0 atom stereocenters. The summed E-state index contributed by atoms with van der Waals surface area (Å²) in [6.07, 6.45) is 3.04. The number of thiazole rings is 1. The van der Waals surface area contributed by atoms with Crippen molar-refractivity contribution < 1.29 is 17.9 Å². The third-order valence-electron chi connectivity index (χ3n) is 4.22. The second-order valence-electron chi connectivity index (χ2n) is 6.44. The second-order valence-corrected chi connectivity index (χ2v) is 9.78. The molecular weight excluding hydrogens is 420 g/mol. The van der Waals surface area contributed by atoms with Crippen molar-refractivity contribution in [1.29, 1.82) is 0 Å². The molecule has 1 N–H and O–H groups in total. The number of rotatable bonds is 8. The highest BCUT2D eigenvalue weighted by molar-refractivity contribution is 7.91. The normalized spacial score (nSPS) is 11.5. The predicted molar refractivity (Wildman–Crippen MR) is 119 cm³/mol. The van der Waals surface area contributed by atoms with Gasteiger partial charge < -0.3 is 10.1 Å². The van der Waals surface area contributed by atoms with Crippen molar-refractivity contribution in [2.24, 2.45) is 0 Å². The Morgan fingerprint density at radius 3 is 2.73 bits per heavy atom. The van der Waals surface area contributed by atoms with E-state index in [0.717, 1.165) is 16.3 Å². The number of benzene rings is 2. The molecule has 3 rings (SSSR count). The van der Waals surface area contributed by atoms with Crippen LogP contribution < -0.4 is 10.1 Å². The van der Waals surface area contributed by atoms with Crippen molar-refractivity contribution in [3.05, 3.63) is 76.3 Å². The van der Waals surface area contributed by atoms with E-state index in [9.17, 15) is 13.2 Å². The van der Waals surface area contributed by atoms with E-state index in [1.54, 1.807) is 36.5 Å². The summed E-state index contributed by atoms with van der Waals surface area (Å²) in [6.45, 7) is 3.87. The van der Waals surface area contributed by atoms with Gasteiger partial charge >= 0.3 is 0 Å². The number of anilines is 1. The van der Waals surface area contributed by atoms with Crippen LogP contribution in [0.4, 0.5) is 5.69 Å². The van der Waals surface area contributed by atoms with Gasteiger partial charge in [0.1, 0.15) is 12.4 Å². The molecule has 0 bridgehead atoms. The lowest BCUT2D eigenvalue weighted by Gasteiger charge is -2.08. The fourth-order valence-corrected chi connectivity index (χ4v) is 4.18. The van der Waals surface area contributed by atoms with E-state index in [1.807, 2.05) is 36.6 Å². The zero-order valence-electron chi connectivity index (χ0n) is 16.7. The number of sulfone groups is 1. The topological polar surface area (TPSA) is 85.4 Å². The van der Waals surface area contributed by atoms with E-state index in [-0.39, 0.29) is 16.6 Å². The fraction of sp³-hybridized carbons (Fsp3) is 0.182. The van der Waals surface area contributed by atoms with Gasteiger partial charge in [-0.25, -0.2) is 13.4 Å². The van der Waals surface area contributed by atoms with Gasteiger partial charge in [0.05, 0.1) is 21.3 Å². The summed E-state index contributed by atoms with van der Waals surface area (Å²) in [5, 5.41) is 5.62. The Balaban J connectivity index is 1.67. The van der Waals surface area contributed by atoms with Gasteiger partial charge in [0.15, 0.2) is 9.84 Å². The number of ether oxygens (including phenoxy) is 1. The highest BCUT2D eigenvalue weighted by Gasteiger charge is 2.12. The van der Waals surface area contributed by atoms with E-state index in [1.165, 1.54) is 18.2 Å². The number of nitrogens with zero attached hydrogens (tertiary/aromatic N) is 1. The molecule has 0 aliphatic heterocycles. The minimum absolute atomic E-state index is 0.00154. The SMILES string of the molecule is CCS(=O)(=O)c1cccc(NC(=O)/C=C/c2ccccc2OCc2csc(C)n2)c1. The molecule has 156 valence electrons. The lowest BCUT2D eigenvalue weighted by molar-refractivity contribution is -0.111. The number of amides is 1. The van der Waals surface area contributed by atoms with Crippen molar-refractivity contribution >= 4 is 38.8 Å². The van der Waals surface area contributed by atoms with Gasteiger partial charge in [0.25, 0.3) is 0 Å². The Morgan fingerprint density at radius 2 is 2.00 bits per heavy atom. The van der Waals surface area contributed by atoms with E-state index < -0.39 is 9.84 Å². The third-order valence-corrected chi connectivity index (χ3v) is 6.77. The number of carbonyl (C=O) groups is 1. The number of aryl methyl sites for hydroxylation is 1. The van der Waals surface area contributed by atoms with Gasteiger partial charge in [-0.1, -0.05) is 31.2 Å². The smallest absolute Gasteiger partial charge is 0.248 e. The molecule has 6 nitrogen and oxygen atoms in total. The molecule has 2 aromatic carbocycles. The molecule has 0 unspecified atom stereocenters. The molecule has 0 fully saturated rings. The maximum Gasteiger partial charge on any atom is 0.248 e. The van der Waals surface area contributed by atoms with Crippen LogP contribution in [0.1, 0.15) is 23.2 Å². The average molecular weight is 443 g/mol. The number of hydrogen-bond donors (Lipinski definition) is 1. The summed E-state index contributed by atoms with van der Waals surface area (Å²) in [4.78, 5) is 16.9. The Bertz CT molecular complexity index is 1170. The lowest BCUT2D eigenvalue weighted by atomic mass is 10.2. The average Bonchev–Trinajstić information content (AvgIpc) is 3.16. The number of para-hydroxylation sites is 1. The van der Waals surface area contributed by atoms with Crippen LogP contribution in [0.2, 0.25) is 0 Å². The quantitative estimate of drug-likeness (QED) is 0.520. The van der Waals surface area contributed by atoms with Crippen molar-refractivity contribution in [2.75, 3.05) is 11.1 Å². The number of nitrogens with one attached hydrogen (secondary N) is 1. The van der Waals surface area contributed by atoms with Gasteiger partial charge in [-0.15, -0.1) is 11.3 Å². The van der Waals surface area contributed by atoms with E-state index in [0.29, 0.717) is 18.0 Å². The van der Waals surface area contributed by atoms with Crippen LogP contribution in [-0.4, -0.2) is 25.1 Å². The van der Waals surface area contributed by atoms with Crippen molar-refractivity contribution in [2.45, 2.75) is 25.3 Å². The summed E-state index contributed by atoms with van der Waals surface area (Å²) in [7, 11) is -3.34. The molecular formula is C22H22N2O4S2. The molecule has 1 heterocycles. The highest BCUT2D eigenvalue weighted by atomic mass is 32.2. The molecule has 30 heavy (non-hydrogen) atoms. The van der Waals surface area contributed by atoms with Gasteiger partial charge in [-0.05, 0) is 37.3 Å². The zero-order chi connectivity index (χ0) is 21.6. The molecule has 3 aromatic rings. The molecule has 0 saturated carbocycles. The first-order chi connectivity index (χ1) is 14.4. The first-order valence-electron chi connectivity index (χ1n) is 9.32. The molecule has 1 amide bonds. The van der Waals surface area contributed by atoms with Crippen LogP contribution in [-0.2, 0) is 21.2 Å². The standard InChI is InChI=1S/C22H22N2O4S2/c1-3-30(26,27)20-9-6-8-18(13-20)24-22(25)12-11-17-7-4-5-10-21(17)28-14-19-15-29-16(2)23-19/h4-13,15H,3,14H2,1-2H3,(H,24,25)/b12-11+. The summed E-state index contributed by atoms with van der Waals surface area (Å²) in [6, 6.07) is 13.6. The number of hydrogen-bond acceptors (Lipinski definition) is 6. The van der Waals surface area contributed by atoms with Gasteiger partial charge in [0, 0.05) is 22.7 Å². The van der Waals surface area contributed by atoms with E-state index in [2.05, 4.69) is 10.3 Å². The molecule has 0 saturated heterocycles. The van der Waals surface area contributed by atoms with Crippen molar-refractivity contribution in [1.82, 2.24) is 4.98 Å². The maximum absolute atomic E-state index is 12.3. The first-order valence-corrected chi connectivity index (χ1v) is 11.9. The molecule has 8 heteroatoms. The van der Waals surface area contributed by atoms with Gasteiger partial charge in [-0.3, -0.25) is 4.79 Å². The zero-order valence-corrected chi connectivity index (χ0v) is 18.3. The summed E-state index contributed by atoms with van der Waals surface area (Å²) < 4.78 is 29.9. The summed E-state index contributed by atoms with van der Waals surface area (Å²) in [5.41, 5.74) is 2.03. The fourth-order valence-electron chi connectivity index (χ4n) is 2.66. The van der Waals surface area contributed by atoms with Crippen molar-refractivity contribution in [3.8, 4) is 5.75 Å². The Morgan fingerprint density at radius 1 is 1.20 bits per heavy atom. The third kappa shape index (κ3) is 5.77. The molecule has 0 spiro atoms. The molecule has 1 aromatic heterocycles. The van der Waals surface area contributed by atoms with Crippen LogP contribution in [0.3, 0.4) is 0 Å². The second kappa shape index (κ2) is 9.69. The van der Waals surface area contributed by atoms with Crippen LogP contribution >= 0.6 is 11.3 Å². The predicted octanol–water partition coefficient (Wildman–Crippen LogP) is 4.48. The lowest BCUT2D eigenvalue weighted by Crippen LogP contribution is -2.09. The monoisotopic (exact) mass is 442 g/mol. The number of aromatic nitrogens is 1. The largest absolute Gasteiger partial charge is 0.487 e. The molecule has 0 radical (unpaired) electrons. The van der Waals surface area contributed by atoms with Gasteiger partial charge in [-0.2, -0.15) is 0 Å².